The van der Waals surface area contributed by atoms with Crippen LogP contribution in [-0.4, -0.2) is 30.1 Å². The highest BCUT2D eigenvalue weighted by Gasteiger charge is 2.25. The maximum atomic E-state index is 12.2. The second-order valence-electron chi connectivity index (χ2n) is 5.08. The van der Waals surface area contributed by atoms with Crippen LogP contribution in [0.15, 0.2) is 18.2 Å². The molecule has 1 fully saturated rings. The molecule has 1 aromatic carbocycles. The van der Waals surface area contributed by atoms with Crippen molar-refractivity contribution in [1.29, 1.82) is 0 Å². The molecule has 5 nitrogen and oxygen atoms in total. The average Bonchev–Trinajstić information content (AvgIpc) is 3.02. The van der Waals surface area contributed by atoms with E-state index in [1.165, 1.54) is 11.3 Å². The summed E-state index contributed by atoms with van der Waals surface area (Å²) in [7, 11) is 1.72. The molecule has 1 saturated carbocycles. The molecular formula is C14H17N3O2S. The van der Waals surface area contributed by atoms with Crippen molar-refractivity contribution in [3.63, 3.8) is 0 Å². The summed E-state index contributed by atoms with van der Waals surface area (Å²) in [6, 6.07) is 5.68. The van der Waals surface area contributed by atoms with Crippen molar-refractivity contribution >= 4 is 32.6 Å². The summed E-state index contributed by atoms with van der Waals surface area (Å²) in [4.78, 5) is 16.4. The Morgan fingerprint density at radius 2 is 2.35 bits per heavy atom. The van der Waals surface area contributed by atoms with Gasteiger partial charge in [-0.2, -0.15) is 0 Å². The fourth-order valence-corrected chi connectivity index (χ4v) is 3.41. The molecular weight excluding hydrogens is 274 g/mol. The molecule has 0 spiro atoms. The van der Waals surface area contributed by atoms with Crippen molar-refractivity contribution in [2.75, 3.05) is 12.8 Å². The first-order valence-electron chi connectivity index (χ1n) is 6.65. The number of anilines is 1. The van der Waals surface area contributed by atoms with Gasteiger partial charge in [0, 0.05) is 18.7 Å². The number of methoxy groups -OCH3 is 1. The molecule has 1 aliphatic carbocycles. The molecule has 6 heteroatoms. The first-order chi connectivity index (χ1) is 9.65. The number of ether oxygens (including phenoxy) is 1. The van der Waals surface area contributed by atoms with Crippen LogP contribution in [0.25, 0.3) is 10.2 Å². The first-order valence-corrected chi connectivity index (χ1v) is 7.47. The van der Waals surface area contributed by atoms with Crippen LogP contribution in [-0.2, 0) is 4.74 Å². The standard InChI is InChI=1S/C14H17N3O2S/c1-19-10-4-3-9(7-10)16-13(18)8-2-5-11-12(6-8)20-14(15)17-11/h2,5-6,9-10H,3-4,7H2,1H3,(H2,15,17)(H,16,18). The third-order valence-corrected chi connectivity index (χ3v) is 4.57. The Balaban J connectivity index is 1.72. The molecule has 20 heavy (non-hydrogen) atoms. The number of hydrogen-bond donors (Lipinski definition) is 2. The summed E-state index contributed by atoms with van der Waals surface area (Å²) in [5.41, 5.74) is 7.16. The second kappa shape index (κ2) is 5.38. The van der Waals surface area contributed by atoms with Gasteiger partial charge in [-0.3, -0.25) is 4.79 Å². The topological polar surface area (TPSA) is 77.2 Å². The maximum absolute atomic E-state index is 12.2. The quantitative estimate of drug-likeness (QED) is 0.908. The van der Waals surface area contributed by atoms with E-state index < -0.39 is 0 Å². The lowest BCUT2D eigenvalue weighted by atomic mass is 10.1. The number of nitrogens with zero attached hydrogens (tertiary/aromatic N) is 1. The highest BCUT2D eigenvalue weighted by atomic mass is 32.1. The molecule has 3 rings (SSSR count). The smallest absolute Gasteiger partial charge is 0.251 e. The number of nitrogen functional groups attached to an aromatic ring is 1. The van der Waals surface area contributed by atoms with Crippen LogP contribution in [0.2, 0.25) is 0 Å². The number of nitrogens with one attached hydrogen (secondary N) is 1. The van der Waals surface area contributed by atoms with Gasteiger partial charge in [0.05, 0.1) is 16.3 Å². The van der Waals surface area contributed by atoms with E-state index in [1.54, 1.807) is 13.2 Å². The monoisotopic (exact) mass is 291 g/mol. The minimum atomic E-state index is -0.0411. The van der Waals surface area contributed by atoms with Crippen LogP contribution in [0.3, 0.4) is 0 Å². The number of carbonyl (C=O) groups is 1. The zero-order valence-electron chi connectivity index (χ0n) is 11.3. The number of rotatable bonds is 3. The van der Waals surface area contributed by atoms with Crippen molar-refractivity contribution in [3.8, 4) is 0 Å². The van der Waals surface area contributed by atoms with Crippen LogP contribution in [0.4, 0.5) is 5.13 Å². The number of fused-ring (bicyclic) bond motifs is 1. The van der Waals surface area contributed by atoms with Gasteiger partial charge in [0.15, 0.2) is 5.13 Å². The van der Waals surface area contributed by atoms with Crippen LogP contribution in [0, 0.1) is 0 Å². The Hall–Kier alpha value is -1.66. The zero-order valence-corrected chi connectivity index (χ0v) is 12.1. The molecule has 0 bridgehead atoms. The lowest BCUT2D eigenvalue weighted by Gasteiger charge is -2.12. The summed E-state index contributed by atoms with van der Waals surface area (Å²) in [5, 5.41) is 3.59. The number of carbonyl (C=O) groups excluding carboxylic acids is 1. The van der Waals surface area contributed by atoms with Crippen molar-refractivity contribution in [3.05, 3.63) is 23.8 Å². The van der Waals surface area contributed by atoms with E-state index in [4.69, 9.17) is 10.5 Å². The summed E-state index contributed by atoms with van der Waals surface area (Å²) < 4.78 is 6.26. The second-order valence-corrected chi connectivity index (χ2v) is 6.14. The minimum Gasteiger partial charge on any atom is -0.381 e. The van der Waals surface area contributed by atoms with Gasteiger partial charge in [0.2, 0.25) is 0 Å². The number of benzene rings is 1. The van der Waals surface area contributed by atoms with Gasteiger partial charge in [-0.05, 0) is 37.5 Å². The minimum absolute atomic E-state index is 0.0411. The predicted octanol–water partition coefficient (Wildman–Crippen LogP) is 2.18. The van der Waals surface area contributed by atoms with E-state index in [0.717, 1.165) is 29.5 Å². The molecule has 1 aliphatic rings. The Bertz CT molecular complexity index is 640. The predicted molar refractivity (Wildman–Crippen MR) is 79.9 cm³/mol. The highest BCUT2D eigenvalue weighted by Crippen LogP contribution is 2.25. The van der Waals surface area contributed by atoms with Crippen LogP contribution < -0.4 is 11.1 Å². The van der Waals surface area contributed by atoms with Crippen LogP contribution in [0.1, 0.15) is 29.6 Å². The molecule has 3 N–H and O–H groups in total. The van der Waals surface area contributed by atoms with Crippen LogP contribution >= 0.6 is 11.3 Å². The molecule has 2 aromatic rings. The molecule has 1 heterocycles. The number of thiazole rings is 1. The fourth-order valence-electron chi connectivity index (χ4n) is 2.64. The Morgan fingerprint density at radius 1 is 1.50 bits per heavy atom. The summed E-state index contributed by atoms with van der Waals surface area (Å²) in [6.45, 7) is 0. The van der Waals surface area contributed by atoms with E-state index in [9.17, 15) is 4.79 Å². The molecule has 0 saturated heterocycles. The van der Waals surface area contributed by atoms with E-state index in [2.05, 4.69) is 10.3 Å². The molecule has 1 amide bonds. The Morgan fingerprint density at radius 3 is 3.10 bits per heavy atom. The summed E-state index contributed by atoms with van der Waals surface area (Å²) in [6.07, 6.45) is 3.13. The number of amides is 1. The lowest BCUT2D eigenvalue weighted by molar-refractivity contribution is 0.0915. The first kappa shape index (κ1) is 13.3. The highest BCUT2D eigenvalue weighted by molar-refractivity contribution is 7.22. The normalized spacial score (nSPS) is 22.2. The van der Waals surface area contributed by atoms with E-state index in [0.29, 0.717) is 10.7 Å². The van der Waals surface area contributed by atoms with Gasteiger partial charge < -0.3 is 15.8 Å². The van der Waals surface area contributed by atoms with Gasteiger partial charge in [-0.25, -0.2) is 4.98 Å². The SMILES string of the molecule is COC1CCC(NC(=O)c2ccc3nc(N)sc3c2)C1. The maximum Gasteiger partial charge on any atom is 0.251 e. The zero-order chi connectivity index (χ0) is 14.1. The van der Waals surface area contributed by atoms with E-state index >= 15 is 0 Å². The Kier molecular flexibility index (Phi) is 3.58. The Labute approximate surface area is 121 Å². The van der Waals surface area contributed by atoms with Gasteiger partial charge >= 0.3 is 0 Å². The van der Waals surface area contributed by atoms with Crippen molar-refractivity contribution < 1.29 is 9.53 Å². The molecule has 0 aliphatic heterocycles. The van der Waals surface area contributed by atoms with Crippen molar-refractivity contribution in [1.82, 2.24) is 10.3 Å². The molecule has 0 radical (unpaired) electrons. The van der Waals surface area contributed by atoms with Gasteiger partial charge in [0.25, 0.3) is 5.91 Å². The summed E-state index contributed by atoms with van der Waals surface area (Å²) in [5.74, 6) is -0.0411. The van der Waals surface area contributed by atoms with Gasteiger partial charge in [0.1, 0.15) is 0 Å². The molecule has 1 aromatic heterocycles. The molecule has 2 atom stereocenters. The number of hydrogen-bond acceptors (Lipinski definition) is 5. The third kappa shape index (κ3) is 2.62. The number of aromatic nitrogens is 1. The largest absolute Gasteiger partial charge is 0.381 e. The molecule has 106 valence electrons. The number of nitrogens with two attached hydrogens (primary N) is 1. The molecule has 2 unspecified atom stereocenters. The van der Waals surface area contributed by atoms with E-state index in [1.807, 2.05) is 12.1 Å². The van der Waals surface area contributed by atoms with Gasteiger partial charge in [-0.1, -0.05) is 11.3 Å². The summed E-state index contributed by atoms with van der Waals surface area (Å²) >= 11 is 1.40. The lowest BCUT2D eigenvalue weighted by Crippen LogP contribution is -2.33. The van der Waals surface area contributed by atoms with E-state index in [-0.39, 0.29) is 18.1 Å². The van der Waals surface area contributed by atoms with Crippen molar-refractivity contribution in [2.45, 2.75) is 31.4 Å². The fraction of sp³-hybridized carbons (Fsp3) is 0.429. The van der Waals surface area contributed by atoms with Crippen molar-refractivity contribution in [2.24, 2.45) is 0 Å². The third-order valence-electron chi connectivity index (χ3n) is 3.72. The van der Waals surface area contributed by atoms with Gasteiger partial charge in [-0.15, -0.1) is 0 Å². The van der Waals surface area contributed by atoms with Crippen LogP contribution in [0.5, 0.6) is 0 Å². The average molecular weight is 291 g/mol.